The molecule has 0 bridgehead atoms. The number of hydrogen-bond acceptors (Lipinski definition) is 5. The Balaban J connectivity index is 1.89. The molecule has 0 aliphatic heterocycles. The normalized spacial score (nSPS) is 11.9. The van der Waals surface area contributed by atoms with Crippen molar-refractivity contribution in [3.8, 4) is 0 Å². The lowest BCUT2D eigenvalue weighted by Gasteiger charge is -2.03. The minimum absolute atomic E-state index is 0.124. The predicted octanol–water partition coefficient (Wildman–Crippen LogP) is 0.0843. The zero-order valence-electron chi connectivity index (χ0n) is 11.9. The van der Waals surface area contributed by atoms with Crippen molar-refractivity contribution in [2.24, 2.45) is 0 Å². The van der Waals surface area contributed by atoms with Gasteiger partial charge < -0.3 is 10.3 Å². The summed E-state index contributed by atoms with van der Waals surface area (Å²) in [5, 5.41) is 7.30. The molecule has 8 nitrogen and oxygen atoms in total. The molecular formula is C12H20N6O2S. The lowest BCUT2D eigenvalue weighted by molar-refractivity contribution is 0.551. The lowest BCUT2D eigenvalue weighted by atomic mass is 10.5. The monoisotopic (exact) mass is 312 g/mol. The van der Waals surface area contributed by atoms with Crippen molar-refractivity contribution < 1.29 is 8.42 Å². The minimum atomic E-state index is -3.56. The standard InChI is InChI=1S/C12H20N6O2S/c1-2-3-13-6-7-18-10-11(8-16-18)21(19,20)17-9-12-14-4-5-15-12/h4-5,8,10,13,17H,2-3,6-7,9H2,1H3,(H,14,15). The Morgan fingerprint density at radius 2 is 2.24 bits per heavy atom. The van der Waals surface area contributed by atoms with Crippen LogP contribution in [-0.4, -0.2) is 41.3 Å². The van der Waals surface area contributed by atoms with Crippen molar-refractivity contribution in [2.45, 2.75) is 31.3 Å². The van der Waals surface area contributed by atoms with E-state index in [2.05, 4.69) is 32.0 Å². The highest BCUT2D eigenvalue weighted by molar-refractivity contribution is 7.89. The number of aromatic nitrogens is 4. The van der Waals surface area contributed by atoms with Crippen molar-refractivity contribution in [1.82, 2.24) is 29.8 Å². The number of aromatic amines is 1. The molecule has 3 N–H and O–H groups in total. The molecule has 21 heavy (non-hydrogen) atoms. The number of imidazole rings is 1. The van der Waals surface area contributed by atoms with Gasteiger partial charge in [-0.05, 0) is 13.0 Å². The summed E-state index contributed by atoms with van der Waals surface area (Å²) in [7, 11) is -3.56. The molecule has 0 aliphatic carbocycles. The van der Waals surface area contributed by atoms with Crippen LogP contribution in [0.5, 0.6) is 0 Å². The van der Waals surface area contributed by atoms with Crippen molar-refractivity contribution >= 4 is 10.0 Å². The topological polar surface area (TPSA) is 105 Å². The zero-order valence-corrected chi connectivity index (χ0v) is 12.7. The number of hydrogen-bond donors (Lipinski definition) is 3. The van der Waals surface area contributed by atoms with Crippen LogP contribution >= 0.6 is 0 Å². The third-order valence-corrected chi connectivity index (χ3v) is 4.20. The van der Waals surface area contributed by atoms with E-state index in [0.29, 0.717) is 12.4 Å². The molecule has 0 saturated heterocycles. The van der Waals surface area contributed by atoms with Crippen LogP contribution in [0.4, 0.5) is 0 Å². The van der Waals surface area contributed by atoms with Gasteiger partial charge in [0.05, 0.1) is 19.3 Å². The van der Waals surface area contributed by atoms with Gasteiger partial charge in [0.25, 0.3) is 0 Å². The summed E-state index contributed by atoms with van der Waals surface area (Å²) in [6.07, 6.45) is 7.16. The van der Waals surface area contributed by atoms with Gasteiger partial charge in [0.2, 0.25) is 10.0 Å². The van der Waals surface area contributed by atoms with Crippen molar-refractivity contribution in [2.75, 3.05) is 13.1 Å². The van der Waals surface area contributed by atoms with Gasteiger partial charge in [0, 0.05) is 25.1 Å². The molecule has 2 rings (SSSR count). The molecule has 0 aromatic carbocycles. The van der Waals surface area contributed by atoms with Gasteiger partial charge in [-0.25, -0.2) is 18.1 Å². The van der Waals surface area contributed by atoms with E-state index in [0.717, 1.165) is 19.5 Å². The number of sulfonamides is 1. The van der Waals surface area contributed by atoms with E-state index in [1.165, 1.54) is 12.4 Å². The third kappa shape index (κ3) is 4.66. The maximum atomic E-state index is 12.1. The van der Waals surface area contributed by atoms with E-state index >= 15 is 0 Å². The maximum Gasteiger partial charge on any atom is 0.244 e. The molecule has 9 heteroatoms. The van der Waals surface area contributed by atoms with Gasteiger partial charge in [-0.3, -0.25) is 4.68 Å². The van der Waals surface area contributed by atoms with Crippen LogP contribution in [0.2, 0.25) is 0 Å². The molecule has 2 aromatic heterocycles. The summed E-state index contributed by atoms with van der Waals surface area (Å²) in [5.41, 5.74) is 0. The molecule has 0 atom stereocenters. The highest BCUT2D eigenvalue weighted by Gasteiger charge is 2.16. The highest BCUT2D eigenvalue weighted by Crippen LogP contribution is 2.07. The largest absolute Gasteiger partial charge is 0.347 e. The van der Waals surface area contributed by atoms with Crippen molar-refractivity contribution in [3.63, 3.8) is 0 Å². The van der Waals surface area contributed by atoms with Gasteiger partial charge >= 0.3 is 0 Å². The van der Waals surface area contributed by atoms with Gasteiger partial charge in [0.1, 0.15) is 10.7 Å². The van der Waals surface area contributed by atoms with Crippen LogP contribution < -0.4 is 10.0 Å². The first kappa shape index (κ1) is 15.7. The summed E-state index contributed by atoms with van der Waals surface area (Å²) in [6.45, 7) is 4.55. The first-order chi connectivity index (χ1) is 10.1. The number of nitrogens with zero attached hydrogens (tertiary/aromatic N) is 3. The van der Waals surface area contributed by atoms with Crippen LogP contribution in [0.1, 0.15) is 19.2 Å². The zero-order chi connectivity index (χ0) is 15.1. The Hall–Kier alpha value is -1.71. The number of H-pyrrole nitrogens is 1. The van der Waals surface area contributed by atoms with E-state index < -0.39 is 10.0 Å². The Morgan fingerprint density at radius 3 is 2.95 bits per heavy atom. The number of nitrogens with one attached hydrogen (secondary N) is 3. The fraction of sp³-hybridized carbons (Fsp3) is 0.500. The van der Waals surface area contributed by atoms with Crippen LogP contribution in [0.25, 0.3) is 0 Å². The van der Waals surface area contributed by atoms with Crippen LogP contribution in [0.3, 0.4) is 0 Å². The van der Waals surface area contributed by atoms with Gasteiger partial charge in [-0.15, -0.1) is 0 Å². The molecule has 0 aliphatic rings. The van der Waals surface area contributed by atoms with Crippen LogP contribution in [0, 0.1) is 0 Å². The Labute approximate surface area is 124 Å². The Morgan fingerprint density at radius 1 is 1.38 bits per heavy atom. The molecule has 0 amide bonds. The second-order valence-electron chi connectivity index (χ2n) is 4.55. The molecule has 2 aromatic rings. The van der Waals surface area contributed by atoms with Gasteiger partial charge in [0.15, 0.2) is 0 Å². The summed E-state index contributed by atoms with van der Waals surface area (Å²) >= 11 is 0. The molecule has 0 spiro atoms. The van der Waals surface area contributed by atoms with E-state index in [9.17, 15) is 8.42 Å². The molecule has 0 radical (unpaired) electrons. The quantitative estimate of drug-likeness (QED) is 0.569. The second-order valence-corrected chi connectivity index (χ2v) is 6.32. The fourth-order valence-electron chi connectivity index (χ4n) is 1.74. The molecular weight excluding hydrogens is 292 g/mol. The Kier molecular flexibility index (Phi) is 5.48. The smallest absolute Gasteiger partial charge is 0.244 e. The maximum absolute atomic E-state index is 12.1. The summed E-state index contributed by atoms with van der Waals surface area (Å²) in [5.74, 6) is 0.565. The predicted molar refractivity (Wildman–Crippen MR) is 78.0 cm³/mol. The first-order valence-electron chi connectivity index (χ1n) is 6.83. The summed E-state index contributed by atoms with van der Waals surface area (Å²) < 4.78 is 28.3. The first-order valence-corrected chi connectivity index (χ1v) is 8.31. The average Bonchev–Trinajstić information content (AvgIpc) is 3.13. The molecule has 0 unspecified atom stereocenters. The fourth-order valence-corrected chi connectivity index (χ4v) is 2.68. The van der Waals surface area contributed by atoms with E-state index in [4.69, 9.17) is 0 Å². The lowest BCUT2D eigenvalue weighted by Crippen LogP contribution is -2.23. The second kappa shape index (κ2) is 7.34. The Bertz CT molecular complexity index is 635. The molecule has 2 heterocycles. The summed E-state index contributed by atoms with van der Waals surface area (Å²) in [6, 6.07) is 0. The van der Waals surface area contributed by atoms with Crippen molar-refractivity contribution in [1.29, 1.82) is 0 Å². The number of rotatable bonds is 9. The minimum Gasteiger partial charge on any atom is -0.347 e. The summed E-state index contributed by atoms with van der Waals surface area (Å²) in [4.78, 5) is 6.96. The average molecular weight is 312 g/mol. The molecule has 116 valence electrons. The van der Waals surface area contributed by atoms with Gasteiger partial charge in [-0.1, -0.05) is 6.92 Å². The van der Waals surface area contributed by atoms with E-state index in [1.807, 2.05) is 0 Å². The van der Waals surface area contributed by atoms with Gasteiger partial charge in [-0.2, -0.15) is 5.10 Å². The third-order valence-electron chi connectivity index (χ3n) is 2.85. The highest BCUT2D eigenvalue weighted by atomic mass is 32.2. The van der Waals surface area contributed by atoms with E-state index in [1.54, 1.807) is 17.1 Å². The van der Waals surface area contributed by atoms with E-state index in [-0.39, 0.29) is 11.4 Å². The molecule has 0 saturated carbocycles. The SMILES string of the molecule is CCCNCCn1cc(S(=O)(=O)NCc2ncc[nH]2)cn1. The van der Waals surface area contributed by atoms with Crippen LogP contribution in [-0.2, 0) is 23.1 Å². The van der Waals surface area contributed by atoms with Crippen molar-refractivity contribution in [3.05, 3.63) is 30.6 Å². The molecule has 0 fully saturated rings. The van der Waals surface area contributed by atoms with Crippen LogP contribution in [0.15, 0.2) is 29.7 Å².